The molecule has 4 aliphatic rings. The SMILES string of the molecule is COc1cc2cc(c1OC)CCCNC(=O)CCC[C@H]1[C@@H]3C[C@@H](CN(C(=O)c4cn5c(n4)CCNCC5)C3)CN1C(=O)CC2. The van der Waals surface area contributed by atoms with Gasteiger partial charge in [0.1, 0.15) is 11.5 Å². The number of hydrogen-bond donors (Lipinski definition) is 2. The second-order valence-electron chi connectivity index (χ2n) is 12.8. The molecule has 2 fully saturated rings. The van der Waals surface area contributed by atoms with Crippen molar-refractivity contribution in [1.29, 1.82) is 0 Å². The van der Waals surface area contributed by atoms with E-state index in [1.165, 1.54) is 0 Å². The Bertz CT molecular complexity index is 1350. The van der Waals surface area contributed by atoms with Crippen LogP contribution in [-0.4, -0.2) is 96.6 Å². The number of imidazole rings is 1. The summed E-state index contributed by atoms with van der Waals surface area (Å²) < 4.78 is 13.4. The zero-order valence-electron chi connectivity index (χ0n) is 26.1. The molecular weight excluding hydrogens is 560 g/mol. The number of aromatic nitrogens is 2. The first-order valence-corrected chi connectivity index (χ1v) is 16.3. The third-order valence-electron chi connectivity index (χ3n) is 9.80. The van der Waals surface area contributed by atoms with Crippen molar-refractivity contribution in [2.24, 2.45) is 11.8 Å². The average molecular weight is 607 g/mol. The van der Waals surface area contributed by atoms with E-state index in [-0.39, 0.29) is 35.6 Å². The minimum atomic E-state index is -0.00940. The largest absolute Gasteiger partial charge is 0.493 e. The molecule has 5 heterocycles. The standard InChI is InChI=1S/C33H46N6O5/c1-43-28-17-22-8-9-31(41)39-19-23-16-25(20-38(18-23)33(42)26-21-37-14-13-34-12-10-29(37)36-26)27(39)6-3-7-30(40)35-11-4-5-24(15-22)32(28)44-2/h15,17,21,23,25,27,34H,3-14,16,18-20H2,1-2H3,(H,35,40)/t23-,25+,27-/m0/s1. The number of rotatable bonds is 3. The molecule has 2 aromatic rings. The molecule has 4 bridgehead atoms. The number of hydrogen-bond acceptors (Lipinski definition) is 7. The maximum Gasteiger partial charge on any atom is 0.274 e. The fourth-order valence-electron chi connectivity index (χ4n) is 7.71. The molecule has 1 aromatic heterocycles. The first-order valence-electron chi connectivity index (χ1n) is 16.3. The maximum absolute atomic E-state index is 13.9. The van der Waals surface area contributed by atoms with Gasteiger partial charge in [-0.25, -0.2) is 4.98 Å². The van der Waals surface area contributed by atoms with Crippen LogP contribution in [0.4, 0.5) is 0 Å². The van der Waals surface area contributed by atoms with E-state index in [4.69, 9.17) is 14.5 Å². The number of benzene rings is 1. The Kier molecular flexibility index (Phi) is 9.39. The number of methoxy groups -OCH3 is 2. The van der Waals surface area contributed by atoms with Gasteiger partial charge in [0.2, 0.25) is 11.8 Å². The van der Waals surface area contributed by atoms with E-state index in [1.807, 2.05) is 17.2 Å². The molecule has 0 spiro atoms. The lowest BCUT2D eigenvalue weighted by atomic mass is 9.77. The lowest BCUT2D eigenvalue weighted by Crippen LogP contribution is -2.60. The summed E-state index contributed by atoms with van der Waals surface area (Å²) in [6, 6.07) is 4.08. The van der Waals surface area contributed by atoms with Crippen LogP contribution in [0.1, 0.15) is 66.0 Å². The number of amides is 3. The van der Waals surface area contributed by atoms with Crippen LogP contribution in [0.25, 0.3) is 0 Å². The lowest BCUT2D eigenvalue weighted by Gasteiger charge is -2.51. The number of nitrogens with zero attached hydrogens (tertiary/aromatic N) is 4. The molecule has 0 unspecified atom stereocenters. The van der Waals surface area contributed by atoms with Crippen LogP contribution in [0, 0.1) is 11.8 Å². The summed E-state index contributed by atoms with van der Waals surface area (Å²) >= 11 is 0. The molecule has 3 atom stereocenters. The highest BCUT2D eigenvalue weighted by Gasteiger charge is 2.43. The van der Waals surface area contributed by atoms with Gasteiger partial charge in [-0.05, 0) is 67.6 Å². The van der Waals surface area contributed by atoms with Crippen molar-refractivity contribution in [2.75, 3.05) is 53.5 Å². The monoisotopic (exact) mass is 606 g/mol. The van der Waals surface area contributed by atoms with Crippen LogP contribution in [0.2, 0.25) is 0 Å². The zero-order valence-corrected chi connectivity index (χ0v) is 26.1. The number of fused-ring (bicyclic) bond motifs is 7. The van der Waals surface area contributed by atoms with Gasteiger partial charge in [-0.2, -0.15) is 0 Å². The van der Waals surface area contributed by atoms with Gasteiger partial charge in [-0.15, -0.1) is 0 Å². The topological polar surface area (TPSA) is 118 Å². The number of nitrogens with one attached hydrogen (secondary N) is 2. The first kappa shape index (κ1) is 30.4. The van der Waals surface area contributed by atoms with Gasteiger partial charge in [0.15, 0.2) is 11.5 Å². The predicted molar refractivity (Wildman–Crippen MR) is 165 cm³/mol. The molecule has 11 nitrogen and oxygen atoms in total. The van der Waals surface area contributed by atoms with Gasteiger partial charge in [0.05, 0.1) is 14.2 Å². The number of ether oxygens (including phenoxy) is 2. The average Bonchev–Trinajstić information content (AvgIpc) is 3.31. The summed E-state index contributed by atoms with van der Waals surface area (Å²) in [6.45, 7) is 5.04. The van der Waals surface area contributed by atoms with Crippen molar-refractivity contribution < 1.29 is 23.9 Å². The second-order valence-corrected chi connectivity index (χ2v) is 12.8. The van der Waals surface area contributed by atoms with Gasteiger partial charge < -0.3 is 34.5 Å². The molecule has 11 heteroatoms. The lowest BCUT2D eigenvalue weighted by molar-refractivity contribution is -0.140. The highest BCUT2D eigenvalue weighted by atomic mass is 16.5. The van der Waals surface area contributed by atoms with E-state index in [0.29, 0.717) is 69.1 Å². The Morgan fingerprint density at radius 1 is 0.955 bits per heavy atom. The Balaban J connectivity index is 1.20. The fraction of sp³-hybridized carbons (Fsp3) is 0.636. The molecular formula is C33H46N6O5. The summed E-state index contributed by atoms with van der Waals surface area (Å²) in [6.07, 6.45) is 8.17. The van der Waals surface area contributed by atoms with Gasteiger partial charge in [0.25, 0.3) is 5.91 Å². The number of aryl methyl sites for hydroxylation is 2. The Morgan fingerprint density at radius 2 is 1.84 bits per heavy atom. The molecule has 1 aromatic carbocycles. The van der Waals surface area contributed by atoms with E-state index in [9.17, 15) is 14.4 Å². The minimum Gasteiger partial charge on any atom is -0.493 e. The second kappa shape index (κ2) is 13.6. The molecule has 0 aliphatic carbocycles. The van der Waals surface area contributed by atoms with E-state index in [1.54, 1.807) is 14.2 Å². The number of piperidine rings is 2. The third-order valence-corrected chi connectivity index (χ3v) is 9.80. The Morgan fingerprint density at radius 3 is 2.68 bits per heavy atom. The summed E-state index contributed by atoms with van der Waals surface area (Å²) in [5.41, 5.74) is 2.59. The normalized spacial score (nSPS) is 24.9. The fourth-order valence-corrected chi connectivity index (χ4v) is 7.71. The van der Waals surface area contributed by atoms with Crippen molar-refractivity contribution in [3.05, 3.63) is 41.0 Å². The molecule has 3 amide bonds. The van der Waals surface area contributed by atoms with Gasteiger partial charge in [0, 0.05) is 77.3 Å². The summed E-state index contributed by atoms with van der Waals surface area (Å²) in [5, 5.41) is 6.45. The number of likely N-dealkylation sites (tertiary alicyclic amines) is 1. The minimum absolute atomic E-state index is 0.000749. The molecule has 2 N–H and O–H groups in total. The van der Waals surface area contributed by atoms with E-state index in [0.717, 1.165) is 68.7 Å². The maximum atomic E-state index is 13.9. The Hall–Kier alpha value is -3.60. The van der Waals surface area contributed by atoms with Crippen LogP contribution < -0.4 is 20.1 Å². The smallest absolute Gasteiger partial charge is 0.274 e. The molecule has 44 heavy (non-hydrogen) atoms. The van der Waals surface area contributed by atoms with Crippen LogP contribution in [0.15, 0.2) is 18.3 Å². The van der Waals surface area contributed by atoms with Crippen LogP contribution in [0.3, 0.4) is 0 Å². The van der Waals surface area contributed by atoms with Crippen LogP contribution >= 0.6 is 0 Å². The zero-order chi connectivity index (χ0) is 30.6. The third kappa shape index (κ3) is 6.57. The first-order chi connectivity index (χ1) is 21.4. The van der Waals surface area contributed by atoms with Crippen molar-refractivity contribution in [3.63, 3.8) is 0 Å². The molecule has 0 radical (unpaired) electrons. The molecule has 2 saturated heterocycles. The predicted octanol–water partition coefficient (Wildman–Crippen LogP) is 2.20. The Labute approximate surface area is 259 Å². The van der Waals surface area contributed by atoms with Gasteiger partial charge >= 0.3 is 0 Å². The summed E-state index contributed by atoms with van der Waals surface area (Å²) in [7, 11) is 3.27. The van der Waals surface area contributed by atoms with E-state index in [2.05, 4.69) is 26.2 Å². The van der Waals surface area contributed by atoms with Crippen molar-refractivity contribution in [1.82, 2.24) is 30.0 Å². The summed E-state index contributed by atoms with van der Waals surface area (Å²) in [5.74, 6) is 2.91. The van der Waals surface area contributed by atoms with Crippen LogP contribution in [-0.2, 0) is 35.4 Å². The molecule has 6 rings (SSSR count). The van der Waals surface area contributed by atoms with Gasteiger partial charge in [-0.1, -0.05) is 6.07 Å². The number of carbonyl (C=O) groups is 3. The number of carbonyl (C=O) groups excluding carboxylic acids is 3. The van der Waals surface area contributed by atoms with E-state index >= 15 is 0 Å². The highest BCUT2D eigenvalue weighted by molar-refractivity contribution is 5.92. The van der Waals surface area contributed by atoms with Crippen molar-refractivity contribution in [2.45, 2.75) is 70.4 Å². The molecule has 4 aliphatic heterocycles. The van der Waals surface area contributed by atoms with Crippen LogP contribution in [0.5, 0.6) is 11.5 Å². The van der Waals surface area contributed by atoms with Crippen molar-refractivity contribution >= 4 is 17.7 Å². The van der Waals surface area contributed by atoms with Crippen molar-refractivity contribution in [3.8, 4) is 11.5 Å². The molecule has 238 valence electrons. The quantitative estimate of drug-likeness (QED) is 0.550. The summed E-state index contributed by atoms with van der Waals surface area (Å²) in [4.78, 5) is 49.1. The van der Waals surface area contributed by atoms with Gasteiger partial charge in [-0.3, -0.25) is 14.4 Å². The van der Waals surface area contributed by atoms with E-state index < -0.39 is 0 Å². The molecule has 0 saturated carbocycles. The highest BCUT2D eigenvalue weighted by Crippen LogP contribution is 2.37.